The molecule has 1 fully saturated rings. The molecule has 0 aromatic heterocycles. The number of rotatable bonds is 7. The molecule has 2 aliphatic rings. The summed E-state index contributed by atoms with van der Waals surface area (Å²) in [5, 5.41) is 0. The number of allylic oxidation sites excluding steroid dienone is 3. The predicted molar refractivity (Wildman–Crippen MR) is 105 cm³/mol. The molecule has 1 atom stereocenters. The van der Waals surface area contributed by atoms with E-state index in [0.29, 0.717) is 0 Å². The summed E-state index contributed by atoms with van der Waals surface area (Å²) in [7, 11) is 0. The minimum atomic E-state index is -0.126. The smallest absolute Gasteiger partial charge is 0.123 e. The molecule has 0 nitrogen and oxygen atoms in total. The molecule has 0 aliphatic heterocycles. The Hall–Kier alpha value is -1.37. The van der Waals surface area contributed by atoms with E-state index in [1.54, 1.807) is 17.7 Å². The first kappa shape index (κ1) is 18.4. The fourth-order valence-corrected chi connectivity index (χ4v) is 4.82. The zero-order chi connectivity index (χ0) is 17.5. The van der Waals surface area contributed by atoms with Crippen LogP contribution in [0, 0.1) is 23.6 Å². The van der Waals surface area contributed by atoms with Crippen LogP contribution in [0.15, 0.2) is 48.6 Å². The Balaban J connectivity index is 1.38. The number of hydrogen-bond acceptors (Lipinski definition) is 0. The molecular formula is C24H33F. The number of halogens is 1. The first-order valence-corrected chi connectivity index (χ1v) is 10.3. The monoisotopic (exact) mass is 340 g/mol. The van der Waals surface area contributed by atoms with Crippen LogP contribution in [0.25, 0.3) is 0 Å². The van der Waals surface area contributed by atoms with Gasteiger partial charge in [0.1, 0.15) is 5.82 Å². The van der Waals surface area contributed by atoms with E-state index in [-0.39, 0.29) is 5.82 Å². The van der Waals surface area contributed by atoms with Crippen molar-refractivity contribution in [1.29, 1.82) is 0 Å². The van der Waals surface area contributed by atoms with Crippen molar-refractivity contribution in [3.05, 3.63) is 60.0 Å². The second-order valence-corrected chi connectivity index (χ2v) is 8.17. The van der Waals surface area contributed by atoms with Gasteiger partial charge < -0.3 is 0 Å². The molecule has 0 heterocycles. The fourth-order valence-electron chi connectivity index (χ4n) is 4.82. The maximum atomic E-state index is 13.0. The van der Waals surface area contributed by atoms with E-state index in [2.05, 4.69) is 12.7 Å². The third kappa shape index (κ3) is 5.56. The fraction of sp³-hybridized carbons (Fsp3) is 0.583. The quantitative estimate of drug-likeness (QED) is 0.458. The molecule has 1 heteroatoms. The molecule has 0 saturated heterocycles. The highest BCUT2D eigenvalue weighted by molar-refractivity contribution is 5.16. The molecule has 3 rings (SSSR count). The van der Waals surface area contributed by atoms with Gasteiger partial charge in [-0.2, -0.15) is 0 Å². The summed E-state index contributed by atoms with van der Waals surface area (Å²) in [6, 6.07) is 7.07. The normalized spacial score (nSPS) is 26.9. The summed E-state index contributed by atoms with van der Waals surface area (Å²) in [4.78, 5) is 0. The van der Waals surface area contributed by atoms with Crippen LogP contribution in [0.2, 0.25) is 0 Å². The van der Waals surface area contributed by atoms with Gasteiger partial charge in [-0.25, -0.2) is 4.39 Å². The van der Waals surface area contributed by atoms with Gasteiger partial charge in [-0.1, -0.05) is 42.7 Å². The Kier molecular flexibility index (Phi) is 6.90. The second kappa shape index (κ2) is 9.36. The average molecular weight is 341 g/mol. The molecule has 1 unspecified atom stereocenters. The Labute approximate surface area is 153 Å². The van der Waals surface area contributed by atoms with Gasteiger partial charge in [0.15, 0.2) is 0 Å². The Morgan fingerprint density at radius 2 is 1.72 bits per heavy atom. The summed E-state index contributed by atoms with van der Waals surface area (Å²) in [6.07, 6.45) is 19.0. The predicted octanol–water partition coefficient (Wildman–Crippen LogP) is 7.26. The van der Waals surface area contributed by atoms with Crippen molar-refractivity contribution in [2.24, 2.45) is 17.8 Å². The molecule has 0 N–H and O–H groups in total. The standard InChI is InChI=1S/C24H33F/c1-2-3-4-19-7-13-22(14-8-19)23-15-9-20(10-16-23)5-6-21-11-17-24(25)18-12-21/h2,7,11-12,17-18,20,22-23H,1,3-6,8-10,13-16H2. The summed E-state index contributed by atoms with van der Waals surface area (Å²) in [5.74, 6) is 2.65. The molecule has 136 valence electrons. The lowest BCUT2D eigenvalue weighted by Gasteiger charge is -2.35. The molecule has 0 spiro atoms. The van der Waals surface area contributed by atoms with Gasteiger partial charge in [0.25, 0.3) is 0 Å². The highest BCUT2D eigenvalue weighted by atomic mass is 19.1. The molecule has 0 radical (unpaired) electrons. The van der Waals surface area contributed by atoms with Crippen LogP contribution in [-0.4, -0.2) is 0 Å². The SMILES string of the molecule is C=CCCC1=CCC(C2CCC(CCc3ccc(F)cc3)CC2)CC1. The zero-order valence-electron chi connectivity index (χ0n) is 15.6. The largest absolute Gasteiger partial charge is 0.207 e. The molecule has 2 aliphatic carbocycles. The van der Waals surface area contributed by atoms with Crippen molar-refractivity contribution < 1.29 is 4.39 Å². The van der Waals surface area contributed by atoms with Crippen LogP contribution < -0.4 is 0 Å². The van der Waals surface area contributed by atoms with E-state index < -0.39 is 0 Å². The van der Waals surface area contributed by atoms with Crippen LogP contribution in [0.4, 0.5) is 4.39 Å². The minimum Gasteiger partial charge on any atom is -0.207 e. The van der Waals surface area contributed by atoms with Gasteiger partial charge in [-0.3, -0.25) is 0 Å². The summed E-state index contributed by atoms with van der Waals surface area (Å²) < 4.78 is 13.0. The summed E-state index contributed by atoms with van der Waals surface area (Å²) in [6.45, 7) is 3.83. The number of benzene rings is 1. The van der Waals surface area contributed by atoms with E-state index in [1.807, 2.05) is 18.2 Å². The Morgan fingerprint density at radius 1 is 0.960 bits per heavy atom. The van der Waals surface area contributed by atoms with Crippen LogP contribution >= 0.6 is 0 Å². The Bertz CT molecular complexity index is 560. The van der Waals surface area contributed by atoms with Crippen molar-refractivity contribution >= 4 is 0 Å². The van der Waals surface area contributed by atoms with Gasteiger partial charge in [0, 0.05) is 0 Å². The summed E-state index contributed by atoms with van der Waals surface area (Å²) >= 11 is 0. The van der Waals surface area contributed by atoms with Crippen LogP contribution in [-0.2, 0) is 6.42 Å². The lowest BCUT2D eigenvalue weighted by atomic mass is 9.70. The zero-order valence-corrected chi connectivity index (χ0v) is 15.6. The van der Waals surface area contributed by atoms with Crippen molar-refractivity contribution in [2.45, 2.75) is 70.6 Å². The third-order valence-corrected chi connectivity index (χ3v) is 6.53. The number of aryl methyl sites for hydroxylation is 1. The molecule has 1 saturated carbocycles. The van der Waals surface area contributed by atoms with Crippen LogP contribution in [0.1, 0.15) is 69.8 Å². The van der Waals surface area contributed by atoms with Crippen molar-refractivity contribution in [3.63, 3.8) is 0 Å². The van der Waals surface area contributed by atoms with Crippen molar-refractivity contribution in [3.8, 4) is 0 Å². The molecule has 25 heavy (non-hydrogen) atoms. The van der Waals surface area contributed by atoms with E-state index in [0.717, 1.165) is 30.6 Å². The van der Waals surface area contributed by atoms with E-state index in [1.165, 1.54) is 63.4 Å². The molecule has 1 aromatic carbocycles. The van der Waals surface area contributed by atoms with Gasteiger partial charge in [0.2, 0.25) is 0 Å². The molecule has 0 bridgehead atoms. The maximum Gasteiger partial charge on any atom is 0.123 e. The third-order valence-electron chi connectivity index (χ3n) is 6.53. The Morgan fingerprint density at radius 3 is 2.36 bits per heavy atom. The first-order chi connectivity index (χ1) is 12.2. The number of hydrogen-bond donors (Lipinski definition) is 0. The van der Waals surface area contributed by atoms with Gasteiger partial charge in [-0.05, 0) is 93.2 Å². The lowest BCUT2D eigenvalue weighted by molar-refractivity contribution is 0.187. The molecule has 0 amide bonds. The van der Waals surface area contributed by atoms with E-state index in [9.17, 15) is 4.39 Å². The molecule has 1 aromatic rings. The highest BCUT2D eigenvalue weighted by Gasteiger charge is 2.28. The average Bonchev–Trinajstić information content (AvgIpc) is 2.67. The second-order valence-electron chi connectivity index (χ2n) is 8.17. The van der Waals surface area contributed by atoms with Crippen LogP contribution in [0.3, 0.4) is 0 Å². The van der Waals surface area contributed by atoms with E-state index >= 15 is 0 Å². The van der Waals surface area contributed by atoms with Crippen LogP contribution in [0.5, 0.6) is 0 Å². The minimum absolute atomic E-state index is 0.126. The first-order valence-electron chi connectivity index (χ1n) is 10.3. The summed E-state index contributed by atoms with van der Waals surface area (Å²) in [5.41, 5.74) is 2.96. The van der Waals surface area contributed by atoms with Gasteiger partial charge >= 0.3 is 0 Å². The van der Waals surface area contributed by atoms with Crippen molar-refractivity contribution in [1.82, 2.24) is 0 Å². The van der Waals surface area contributed by atoms with Gasteiger partial charge in [-0.15, -0.1) is 6.58 Å². The lowest BCUT2D eigenvalue weighted by Crippen LogP contribution is -2.23. The van der Waals surface area contributed by atoms with Gasteiger partial charge in [0.05, 0.1) is 0 Å². The molecular weight excluding hydrogens is 307 g/mol. The maximum absolute atomic E-state index is 13.0. The topological polar surface area (TPSA) is 0 Å². The highest BCUT2D eigenvalue weighted by Crippen LogP contribution is 2.41. The van der Waals surface area contributed by atoms with Crippen molar-refractivity contribution in [2.75, 3.05) is 0 Å². The van der Waals surface area contributed by atoms with E-state index in [4.69, 9.17) is 0 Å².